The van der Waals surface area contributed by atoms with E-state index in [1.165, 1.54) is 17.7 Å². The Hall–Kier alpha value is -2.74. The van der Waals surface area contributed by atoms with Crippen LogP contribution in [0.5, 0.6) is 5.75 Å². The average molecular weight is 389 g/mol. The normalized spacial score (nSPS) is 14.4. The summed E-state index contributed by atoms with van der Waals surface area (Å²) in [5.74, 6) is -0.293. The van der Waals surface area contributed by atoms with E-state index in [-0.39, 0.29) is 17.6 Å². The first kappa shape index (κ1) is 17.7. The first-order valence-electron chi connectivity index (χ1n) is 8.46. The molecule has 2 heterocycles. The van der Waals surface area contributed by atoms with Crippen molar-refractivity contribution in [3.05, 3.63) is 48.0 Å². The highest BCUT2D eigenvalue weighted by molar-refractivity contribution is 7.22. The van der Waals surface area contributed by atoms with Crippen LogP contribution in [0.25, 0.3) is 10.2 Å². The van der Waals surface area contributed by atoms with Crippen molar-refractivity contribution in [3.8, 4) is 5.75 Å². The summed E-state index contributed by atoms with van der Waals surface area (Å²) in [4.78, 5) is 19.1. The Kier molecular flexibility index (Phi) is 4.65. The quantitative estimate of drug-likeness (QED) is 0.708. The van der Waals surface area contributed by atoms with E-state index in [1.807, 2.05) is 19.1 Å². The Morgan fingerprint density at radius 1 is 1.30 bits per heavy atom. The second-order valence-electron chi connectivity index (χ2n) is 6.47. The Morgan fingerprint density at radius 2 is 2.11 bits per heavy atom. The molecule has 1 aliphatic heterocycles. The third-order valence-corrected chi connectivity index (χ3v) is 5.46. The Balaban J connectivity index is 1.36. The molecule has 3 aromatic rings. The van der Waals surface area contributed by atoms with Gasteiger partial charge in [-0.2, -0.15) is 8.78 Å². The molecule has 2 aromatic carbocycles. The summed E-state index contributed by atoms with van der Waals surface area (Å²) in [6, 6.07) is 12.1. The number of hydrogen-bond acceptors (Lipinski definition) is 5. The first-order chi connectivity index (χ1) is 13.0. The van der Waals surface area contributed by atoms with Crippen molar-refractivity contribution >= 4 is 38.3 Å². The van der Waals surface area contributed by atoms with Crippen LogP contribution in [0.4, 0.5) is 19.6 Å². The summed E-state index contributed by atoms with van der Waals surface area (Å²) in [7, 11) is 0. The lowest BCUT2D eigenvalue weighted by Gasteiger charge is -2.37. The van der Waals surface area contributed by atoms with Crippen LogP contribution in [-0.4, -0.2) is 30.6 Å². The molecule has 140 valence electrons. The number of amides is 1. The highest BCUT2D eigenvalue weighted by Crippen LogP contribution is 2.33. The van der Waals surface area contributed by atoms with Gasteiger partial charge in [0, 0.05) is 24.8 Å². The summed E-state index contributed by atoms with van der Waals surface area (Å²) < 4.78 is 30.1. The summed E-state index contributed by atoms with van der Waals surface area (Å²) in [5, 5.41) is 3.67. The number of aromatic nitrogens is 1. The Bertz CT molecular complexity index is 986. The van der Waals surface area contributed by atoms with Gasteiger partial charge in [0.05, 0.1) is 16.1 Å². The molecule has 0 radical (unpaired) electrons. The van der Waals surface area contributed by atoms with Crippen LogP contribution in [0, 0.1) is 12.8 Å². The maximum Gasteiger partial charge on any atom is 0.387 e. The number of benzene rings is 2. The standard InChI is InChI=1S/C19H17F2N3O2S/c1-11-5-6-15-16(7-11)27-19(23-15)24-9-12(10-24)17(25)22-13-3-2-4-14(8-13)26-18(20)21/h2-8,12,18H,9-10H2,1H3,(H,22,25). The molecule has 4 rings (SSSR count). The van der Waals surface area contributed by atoms with Gasteiger partial charge >= 0.3 is 6.61 Å². The third kappa shape index (κ3) is 3.85. The van der Waals surface area contributed by atoms with E-state index in [0.29, 0.717) is 18.8 Å². The first-order valence-corrected chi connectivity index (χ1v) is 9.27. The predicted octanol–water partition coefficient (Wildman–Crippen LogP) is 4.28. The fraction of sp³-hybridized carbons (Fsp3) is 0.263. The number of ether oxygens (including phenoxy) is 1. The van der Waals surface area contributed by atoms with Gasteiger partial charge in [-0.05, 0) is 36.8 Å². The molecule has 0 aliphatic carbocycles. The van der Waals surface area contributed by atoms with E-state index in [1.54, 1.807) is 23.5 Å². The molecule has 8 heteroatoms. The third-order valence-electron chi connectivity index (χ3n) is 4.38. The fourth-order valence-corrected chi connectivity index (χ4v) is 4.03. The van der Waals surface area contributed by atoms with E-state index in [0.717, 1.165) is 15.3 Å². The topological polar surface area (TPSA) is 54.5 Å². The van der Waals surface area contributed by atoms with Crippen LogP contribution < -0.4 is 15.0 Å². The smallest absolute Gasteiger partial charge is 0.387 e. The molecule has 0 saturated carbocycles. The molecular weight excluding hydrogens is 372 g/mol. The van der Waals surface area contributed by atoms with Gasteiger partial charge in [0.25, 0.3) is 0 Å². The van der Waals surface area contributed by atoms with Gasteiger partial charge in [-0.15, -0.1) is 0 Å². The molecule has 0 atom stereocenters. The number of nitrogens with one attached hydrogen (secondary N) is 1. The number of halogens is 2. The van der Waals surface area contributed by atoms with Crippen LogP contribution in [0.2, 0.25) is 0 Å². The molecule has 1 N–H and O–H groups in total. The lowest BCUT2D eigenvalue weighted by atomic mass is 10.00. The van der Waals surface area contributed by atoms with Gasteiger partial charge in [0.2, 0.25) is 5.91 Å². The van der Waals surface area contributed by atoms with E-state index < -0.39 is 6.61 Å². The second-order valence-corrected chi connectivity index (χ2v) is 7.47. The number of fused-ring (bicyclic) bond motifs is 1. The van der Waals surface area contributed by atoms with Crippen molar-refractivity contribution in [2.45, 2.75) is 13.5 Å². The van der Waals surface area contributed by atoms with E-state index in [4.69, 9.17) is 0 Å². The fourth-order valence-electron chi connectivity index (χ4n) is 2.95. The van der Waals surface area contributed by atoms with Crippen LogP contribution in [-0.2, 0) is 4.79 Å². The van der Waals surface area contributed by atoms with Gasteiger partial charge in [0.1, 0.15) is 5.75 Å². The summed E-state index contributed by atoms with van der Waals surface area (Å²) in [6.45, 7) is 0.314. The molecule has 1 aliphatic rings. The molecule has 0 unspecified atom stereocenters. The highest BCUT2D eigenvalue weighted by atomic mass is 32.1. The number of aryl methyl sites for hydroxylation is 1. The number of alkyl halides is 2. The molecule has 1 amide bonds. The van der Waals surface area contributed by atoms with Crippen molar-refractivity contribution < 1.29 is 18.3 Å². The molecule has 1 saturated heterocycles. The van der Waals surface area contributed by atoms with Gasteiger partial charge in [-0.3, -0.25) is 4.79 Å². The zero-order chi connectivity index (χ0) is 19.0. The van der Waals surface area contributed by atoms with Gasteiger partial charge < -0.3 is 15.0 Å². The number of carbonyl (C=O) groups is 1. The van der Waals surface area contributed by atoms with Crippen molar-refractivity contribution in [3.63, 3.8) is 0 Å². The summed E-state index contributed by atoms with van der Waals surface area (Å²) in [5.41, 5.74) is 2.59. The van der Waals surface area contributed by atoms with E-state index in [2.05, 4.69) is 26.0 Å². The van der Waals surface area contributed by atoms with Crippen molar-refractivity contribution in [1.29, 1.82) is 0 Å². The number of carbonyl (C=O) groups excluding carboxylic acids is 1. The summed E-state index contributed by atoms with van der Waals surface area (Å²) in [6.07, 6.45) is 0. The Morgan fingerprint density at radius 3 is 2.89 bits per heavy atom. The van der Waals surface area contributed by atoms with E-state index in [9.17, 15) is 13.6 Å². The number of thiazole rings is 1. The zero-order valence-electron chi connectivity index (χ0n) is 14.5. The highest BCUT2D eigenvalue weighted by Gasteiger charge is 2.34. The number of rotatable bonds is 5. The molecule has 1 aromatic heterocycles. The van der Waals surface area contributed by atoms with Crippen LogP contribution in [0.15, 0.2) is 42.5 Å². The minimum atomic E-state index is -2.89. The van der Waals surface area contributed by atoms with Crippen LogP contribution >= 0.6 is 11.3 Å². The summed E-state index contributed by atoms with van der Waals surface area (Å²) >= 11 is 1.62. The lowest BCUT2D eigenvalue weighted by Crippen LogP contribution is -2.52. The second kappa shape index (κ2) is 7.11. The minimum absolute atomic E-state index is 0.0165. The number of anilines is 2. The zero-order valence-corrected chi connectivity index (χ0v) is 15.3. The number of hydrogen-bond donors (Lipinski definition) is 1. The number of nitrogens with zero attached hydrogens (tertiary/aromatic N) is 2. The molecule has 0 spiro atoms. The molecule has 0 bridgehead atoms. The average Bonchev–Trinajstić information content (AvgIpc) is 2.95. The molecular formula is C19H17F2N3O2S. The van der Waals surface area contributed by atoms with Crippen molar-refractivity contribution in [2.24, 2.45) is 5.92 Å². The van der Waals surface area contributed by atoms with Gasteiger partial charge in [-0.25, -0.2) is 4.98 Å². The monoisotopic (exact) mass is 389 g/mol. The van der Waals surface area contributed by atoms with Crippen molar-refractivity contribution in [1.82, 2.24) is 4.98 Å². The van der Waals surface area contributed by atoms with Gasteiger partial charge in [-0.1, -0.05) is 23.5 Å². The maximum atomic E-state index is 12.4. The minimum Gasteiger partial charge on any atom is -0.435 e. The molecule has 27 heavy (non-hydrogen) atoms. The molecule has 1 fully saturated rings. The van der Waals surface area contributed by atoms with E-state index >= 15 is 0 Å². The largest absolute Gasteiger partial charge is 0.435 e. The van der Waals surface area contributed by atoms with Gasteiger partial charge in [0.15, 0.2) is 5.13 Å². The Labute approximate surface area is 158 Å². The van der Waals surface area contributed by atoms with Crippen LogP contribution in [0.3, 0.4) is 0 Å². The molecule has 5 nitrogen and oxygen atoms in total. The lowest BCUT2D eigenvalue weighted by molar-refractivity contribution is -0.120. The maximum absolute atomic E-state index is 12.4. The van der Waals surface area contributed by atoms with Crippen LogP contribution in [0.1, 0.15) is 5.56 Å². The predicted molar refractivity (Wildman–Crippen MR) is 102 cm³/mol. The van der Waals surface area contributed by atoms with Crippen molar-refractivity contribution in [2.75, 3.05) is 23.3 Å². The SMILES string of the molecule is Cc1ccc2nc(N3CC(C(=O)Nc4cccc(OC(F)F)c4)C3)sc2c1.